The van der Waals surface area contributed by atoms with Crippen LogP contribution in [-0.4, -0.2) is 21.6 Å². The zero-order chi connectivity index (χ0) is 12.4. The highest BCUT2D eigenvalue weighted by Crippen LogP contribution is 2.10. The van der Waals surface area contributed by atoms with E-state index in [0.29, 0.717) is 10.7 Å². The Morgan fingerprint density at radius 2 is 1.89 bits per heavy atom. The number of quaternary nitrogens is 1. The van der Waals surface area contributed by atoms with Gasteiger partial charge >= 0.3 is 17.4 Å². The van der Waals surface area contributed by atoms with Crippen LogP contribution in [0, 0.1) is 0 Å². The molecule has 0 spiro atoms. The number of aromatic nitrogens is 3. The van der Waals surface area contributed by atoms with E-state index in [1.807, 2.05) is 0 Å². The van der Waals surface area contributed by atoms with Crippen LogP contribution in [0.1, 0.15) is 0 Å². The molecule has 0 fully saturated rings. The molecule has 18 heavy (non-hydrogen) atoms. The van der Waals surface area contributed by atoms with Crippen LogP contribution >= 0.6 is 11.6 Å². The average Bonchev–Trinajstić information content (AvgIpc) is 2.30. The minimum atomic E-state index is -0.715. The Morgan fingerprint density at radius 1 is 1.28 bits per heavy atom. The second kappa shape index (κ2) is 5.48. The van der Waals surface area contributed by atoms with E-state index in [9.17, 15) is 9.59 Å². The molecule has 0 unspecified atom stereocenters. The van der Waals surface area contributed by atoms with E-state index in [4.69, 9.17) is 11.6 Å². The van der Waals surface area contributed by atoms with E-state index in [1.165, 1.54) is 7.11 Å². The molecule has 0 atom stereocenters. The van der Waals surface area contributed by atoms with E-state index in [1.54, 1.807) is 24.3 Å². The van der Waals surface area contributed by atoms with Gasteiger partial charge in [-0.25, -0.2) is 14.2 Å². The molecule has 0 radical (unpaired) electrons. The van der Waals surface area contributed by atoms with Crippen molar-refractivity contribution in [3.63, 3.8) is 0 Å². The van der Waals surface area contributed by atoms with Gasteiger partial charge in [0.1, 0.15) is 0 Å². The third kappa shape index (κ3) is 2.58. The predicted octanol–water partition coefficient (Wildman–Crippen LogP) is 0.959. The van der Waals surface area contributed by atoms with Gasteiger partial charge in [0, 0.05) is 5.02 Å². The second-order valence-electron chi connectivity index (χ2n) is 3.15. The Hall–Kier alpha value is -2.12. The van der Waals surface area contributed by atoms with Crippen LogP contribution in [0.4, 0.5) is 0 Å². The van der Waals surface area contributed by atoms with Gasteiger partial charge in [-0.2, -0.15) is 0 Å². The monoisotopic (exact) mass is 271 g/mol. The first-order valence-corrected chi connectivity index (χ1v) is 5.03. The Labute approximate surface area is 107 Å². The van der Waals surface area contributed by atoms with Gasteiger partial charge in [0.25, 0.3) is 0 Å². The van der Waals surface area contributed by atoms with Gasteiger partial charge in [-0.3, -0.25) is 4.98 Å². The number of ether oxygens (including phenoxy) is 1. The van der Waals surface area contributed by atoms with Crippen molar-refractivity contribution in [1.82, 2.24) is 20.7 Å². The molecule has 7 nitrogen and oxygen atoms in total. The minimum absolute atomic E-state index is 0. The molecular weight excluding hydrogens is 260 g/mol. The standard InChI is InChI=1S/C10H8ClN3O3.H3N/c1-17-8-12-9(15)14(10(16)13-8)7-4-2-6(11)3-5-7;/h2-5H,1H3,(H,12,13,15,16);1H3/p+1. The SMILES string of the molecule is COc1nc(=O)n(-c2ccc(Cl)cc2)c(=O)[nH]1.[NH4+]. The van der Waals surface area contributed by atoms with Crippen LogP contribution in [0.15, 0.2) is 33.9 Å². The smallest absolute Gasteiger partial charge is 0.360 e. The van der Waals surface area contributed by atoms with Crippen LogP contribution in [-0.2, 0) is 0 Å². The number of hydrogen-bond acceptors (Lipinski definition) is 4. The van der Waals surface area contributed by atoms with Crippen molar-refractivity contribution in [2.75, 3.05) is 7.11 Å². The Morgan fingerprint density at radius 3 is 2.39 bits per heavy atom. The summed E-state index contributed by atoms with van der Waals surface area (Å²) in [5.74, 6) is 0. The van der Waals surface area contributed by atoms with Crippen LogP contribution in [0.25, 0.3) is 5.69 Å². The summed E-state index contributed by atoms with van der Waals surface area (Å²) in [7, 11) is 1.31. The normalized spacial score (nSPS) is 9.67. The Balaban J connectivity index is 0.00000162. The molecule has 0 saturated carbocycles. The van der Waals surface area contributed by atoms with Gasteiger partial charge in [0.2, 0.25) is 0 Å². The van der Waals surface area contributed by atoms with Crippen LogP contribution in [0.2, 0.25) is 5.02 Å². The maximum atomic E-state index is 11.7. The fourth-order valence-corrected chi connectivity index (χ4v) is 1.44. The van der Waals surface area contributed by atoms with Crippen LogP contribution in [0.3, 0.4) is 0 Å². The third-order valence-electron chi connectivity index (χ3n) is 2.08. The summed E-state index contributed by atoms with van der Waals surface area (Å²) < 4.78 is 5.57. The van der Waals surface area contributed by atoms with Gasteiger partial charge in [-0.05, 0) is 24.3 Å². The van der Waals surface area contributed by atoms with Gasteiger partial charge < -0.3 is 10.9 Å². The molecule has 0 amide bonds. The van der Waals surface area contributed by atoms with E-state index in [2.05, 4.69) is 14.7 Å². The number of benzene rings is 1. The van der Waals surface area contributed by atoms with Crippen molar-refractivity contribution in [3.05, 3.63) is 50.3 Å². The van der Waals surface area contributed by atoms with Crippen molar-refractivity contribution < 1.29 is 4.74 Å². The number of nitrogens with one attached hydrogen (secondary N) is 1. The number of halogens is 1. The number of aromatic amines is 1. The van der Waals surface area contributed by atoms with Crippen LogP contribution in [0.5, 0.6) is 6.01 Å². The molecule has 8 heteroatoms. The van der Waals surface area contributed by atoms with Gasteiger partial charge in [-0.1, -0.05) is 11.6 Å². The maximum Gasteiger partial charge on any atom is 0.360 e. The highest BCUT2D eigenvalue weighted by molar-refractivity contribution is 6.30. The summed E-state index contributed by atoms with van der Waals surface area (Å²) in [5, 5.41) is 0.514. The minimum Gasteiger partial charge on any atom is -0.468 e. The molecular formula is C10H12ClN4O3+. The van der Waals surface area contributed by atoms with E-state index < -0.39 is 11.4 Å². The average molecular weight is 272 g/mol. The van der Waals surface area contributed by atoms with Crippen molar-refractivity contribution >= 4 is 11.6 Å². The molecule has 1 aromatic carbocycles. The summed E-state index contributed by atoms with van der Waals surface area (Å²) >= 11 is 5.72. The quantitative estimate of drug-likeness (QED) is 0.846. The lowest BCUT2D eigenvalue weighted by Crippen LogP contribution is -2.35. The van der Waals surface area contributed by atoms with Gasteiger partial charge in [0.05, 0.1) is 12.8 Å². The second-order valence-corrected chi connectivity index (χ2v) is 3.58. The number of hydrogen-bond donors (Lipinski definition) is 2. The number of methoxy groups -OCH3 is 1. The fraction of sp³-hybridized carbons (Fsp3) is 0.100. The zero-order valence-electron chi connectivity index (χ0n) is 9.81. The molecule has 1 aromatic heterocycles. The summed E-state index contributed by atoms with van der Waals surface area (Å²) in [6.07, 6.45) is 0. The summed E-state index contributed by atoms with van der Waals surface area (Å²) in [6.45, 7) is 0. The lowest BCUT2D eigenvalue weighted by Gasteiger charge is -2.04. The van der Waals surface area contributed by atoms with Crippen molar-refractivity contribution in [1.29, 1.82) is 0 Å². The van der Waals surface area contributed by atoms with E-state index >= 15 is 0 Å². The highest BCUT2D eigenvalue weighted by atomic mass is 35.5. The molecule has 96 valence electrons. The molecule has 1 heterocycles. The molecule has 0 aliphatic rings. The van der Waals surface area contributed by atoms with E-state index in [0.717, 1.165) is 4.57 Å². The summed E-state index contributed by atoms with van der Waals surface area (Å²) in [6, 6.07) is 6.13. The number of H-pyrrole nitrogens is 1. The third-order valence-corrected chi connectivity index (χ3v) is 2.34. The lowest BCUT2D eigenvalue weighted by atomic mass is 10.3. The first-order chi connectivity index (χ1) is 8.11. The molecule has 2 aromatic rings. The Bertz CT molecular complexity index is 616. The van der Waals surface area contributed by atoms with Crippen molar-refractivity contribution in [3.8, 4) is 11.7 Å². The van der Waals surface area contributed by atoms with Gasteiger partial charge in [0.15, 0.2) is 0 Å². The first kappa shape index (κ1) is 13.9. The molecule has 0 aliphatic heterocycles. The summed E-state index contributed by atoms with van der Waals surface area (Å²) in [4.78, 5) is 29.2. The number of rotatable bonds is 2. The maximum absolute atomic E-state index is 11.7. The van der Waals surface area contributed by atoms with Crippen molar-refractivity contribution in [2.24, 2.45) is 0 Å². The zero-order valence-corrected chi connectivity index (χ0v) is 10.6. The number of nitrogens with zero attached hydrogens (tertiary/aromatic N) is 2. The molecule has 0 aliphatic carbocycles. The molecule has 5 N–H and O–H groups in total. The molecule has 2 rings (SSSR count). The summed E-state index contributed by atoms with van der Waals surface area (Å²) in [5.41, 5.74) is -0.951. The first-order valence-electron chi connectivity index (χ1n) is 4.65. The largest absolute Gasteiger partial charge is 0.468 e. The van der Waals surface area contributed by atoms with E-state index in [-0.39, 0.29) is 12.2 Å². The van der Waals surface area contributed by atoms with Crippen molar-refractivity contribution in [2.45, 2.75) is 0 Å². The Kier molecular flexibility index (Phi) is 4.24. The van der Waals surface area contributed by atoms with Crippen LogP contribution < -0.4 is 22.3 Å². The predicted molar refractivity (Wildman–Crippen MR) is 68.0 cm³/mol. The topological polar surface area (TPSA) is 113 Å². The fourth-order valence-electron chi connectivity index (χ4n) is 1.31. The van der Waals surface area contributed by atoms with Gasteiger partial charge in [-0.15, -0.1) is 4.98 Å². The molecule has 0 bridgehead atoms. The lowest BCUT2D eigenvalue weighted by molar-refractivity contribution is 0.372. The molecule has 0 saturated heterocycles. The highest BCUT2D eigenvalue weighted by Gasteiger charge is 2.07.